The molecule has 5 nitrogen and oxygen atoms in total. The van der Waals surface area contributed by atoms with Crippen molar-refractivity contribution in [3.63, 3.8) is 0 Å². The van der Waals surface area contributed by atoms with Crippen LogP contribution < -0.4 is 10.6 Å². The Balaban J connectivity index is 1.89. The number of hydrogen-bond acceptors (Lipinski definition) is 3. The lowest BCUT2D eigenvalue weighted by Crippen LogP contribution is -2.39. The van der Waals surface area contributed by atoms with Crippen LogP contribution in [0.15, 0.2) is 52.1 Å². The van der Waals surface area contributed by atoms with Crippen LogP contribution in [0.5, 0.6) is 0 Å². The van der Waals surface area contributed by atoms with E-state index in [0.29, 0.717) is 11.7 Å². The Bertz CT molecular complexity index is 637. The Hall–Kier alpha value is -1.98. The number of nitrogens with zero attached hydrogens (tertiary/aromatic N) is 1. The molecule has 2 rings (SSSR count). The molecule has 1 unspecified atom stereocenters. The van der Waals surface area contributed by atoms with Crippen LogP contribution in [-0.4, -0.2) is 30.7 Å². The number of hydrogen-bond donors (Lipinski definition) is 3. The van der Waals surface area contributed by atoms with Gasteiger partial charge >= 0.3 is 0 Å². The van der Waals surface area contributed by atoms with Crippen molar-refractivity contribution in [3.8, 4) is 0 Å². The molecule has 0 saturated heterocycles. The summed E-state index contributed by atoms with van der Waals surface area (Å²) in [6.07, 6.45) is 2.40. The molecule has 0 amide bonds. The zero-order valence-corrected chi connectivity index (χ0v) is 14.8. The van der Waals surface area contributed by atoms with Crippen LogP contribution in [0, 0.1) is 0 Å². The number of aliphatic imine (C=N–C) groups is 1. The summed E-state index contributed by atoms with van der Waals surface area (Å²) in [6, 6.07) is 11.3. The quantitative estimate of drug-likeness (QED) is 0.531. The second-order valence-corrected chi connectivity index (χ2v) is 6.19. The lowest BCUT2D eigenvalue weighted by Gasteiger charge is -2.19. The molecule has 1 heterocycles. The summed E-state index contributed by atoms with van der Waals surface area (Å²) in [7, 11) is 0. The fourth-order valence-electron chi connectivity index (χ4n) is 2.21. The number of aliphatic hydroxyl groups is 1. The van der Waals surface area contributed by atoms with Crippen molar-refractivity contribution in [2.45, 2.75) is 25.9 Å². The molecule has 1 aromatic heterocycles. The summed E-state index contributed by atoms with van der Waals surface area (Å²) < 4.78 is 5.27. The molecule has 0 bridgehead atoms. The first-order valence-corrected chi connectivity index (χ1v) is 8.42. The topological polar surface area (TPSA) is 69.8 Å². The second-order valence-electron chi connectivity index (χ2n) is 5.75. The Labute approximate surface area is 147 Å². The highest BCUT2D eigenvalue weighted by atomic mass is 35.5. The summed E-state index contributed by atoms with van der Waals surface area (Å²) in [5.41, 5.74) is 0.0625. The first-order valence-electron chi connectivity index (χ1n) is 8.04. The number of furan rings is 1. The number of rotatable bonds is 7. The Morgan fingerprint density at radius 1 is 1.25 bits per heavy atom. The van der Waals surface area contributed by atoms with Gasteiger partial charge in [0.2, 0.25) is 0 Å². The van der Waals surface area contributed by atoms with Crippen LogP contribution in [0.1, 0.15) is 25.2 Å². The summed E-state index contributed by atoms with van der Waals surface area (Å²) in [5, 5.41) is 17.6. The number of guanidine groups is 1. The molecule has 0 saturated carbocycles. The number of halogens is 1. The van der Waals surface area contributed by atoms with Gasteiger partial charge in [0.1, 0.15) is 11.4 Å². The van der Waals surface area contributed by atoms with Gasteiger partial charge in [-0.25, -0.2) is 4.99 Å². The summed E-state index contributed by atoms with van der Waals surface area (Å²) >= 11 is 5.89. The minimum absolute atomic E-state index is 0.205. The fraction of sp³-hybridized carbons (Fsp3) is 0.389. The average Bonchev–Trinajstić information content (AvgIpc) is 3.10. The lowest BCUT2D eigenvalue weighted by molar-refractivity contribution is 0.0437. The molecule has 1 atom stereocenters. The molecule has 0 aliphatic heterocycles. The van der Waals surface area contributed by atoms with E-state index in [4.69, 9.17) is 16.0 Å². The largest absolute Gasteiger partial charge is 0.466 e. The smallest absolute Gasteiger partial charge is 0.191 e. The van der Waals surface area contributed by atoms with Crippen LogP contribution >= 0.6 is 11.6 Å². The van der Waals surface area contributed by atoms with Crippen molar-refractivity contribution in [1.82, 2.24) is 10.6 Å². The zero-order valence-electron chi connectivity index (χ0n) is 14.1. The Morgan fingerprint density at radius 2 is 2.00 bits per heavy atom. The van der Waals surface area contributed by atoms with E-state index in [2.05, 4.69) is 15.6 Å². The first-order chi connectivity index (χ1) is 11.5. The third-order valence-electron chi connectivity index (χ3n) is 3.56. The fourth-order valence-corrected chi connectivity index (χ4v) is 2.34. The van der Waals surface area contributed by atoms with Crippen LogP contribution in [0.2, 0.25) is 5.02 Å². The van der Waals surface area contributed by atoms with Crippen LogP contribution in [-0.2, 0) is 12.0 Å². The monoisotopic (exact) mass is 349 g/mol. The second kappa shape index (κ2) is 8.76. The Kier molecular flexibility index (Phi) is 6.70. The molecular weight excluding hydrogens is 326 g/mol. The minimum atomic E-state index is -1.14. The molecule has 0 fully saturated rings. The molecule has 2 aromatic rings. The molecule has 1 aromatic carbocycles. The SMILES string of the molecule is CCNC(=NCC(C)(O)c1ccco1)NCCc1ccc(Cl)cc1. The molecule has 24 heavy (non-hydrogen) atoms. The van der Waals surface area contributed by atoms with E-state index in [1.54, 1.807) is 25.3 Å². The average molecular weight is 350 g/mol. The van der Waals surface area contributed by atoms with Crippen molar-refractivity contribution in [3.05, 3.63) is 59.0 Å². The minimum Gasteiger partial charge on any atom is -0.466 e. The van der Waals surface area contributed by atoms with Crippen molar-refractivity contribution in [2.75, 3.05) is 19.6 Å². The number of benzene rings is 1. The maximum absolute atomic E-state index is 10.5. The van der Waals surface area contributed by atoms with Gasteiger partial charge in [0, 0.05) is 18.1 Å². The van der Waals surface area contributed by atoms with Crippen molar-refractivity contribution >= 4 is 17.6 Å². The molecule has 0 aliphatic rings. The highest BCUT2D eigenvalue weighted by molar-refractivity contribution is 6.30. The molecular formula is C18H24ClN3O2. The summed E-state index contributed by atoms with van der Waals surface area (Å²) in [4.78, 5) is 4.45. The van der Waals surface area contributed by atoms with Gasteiger partial charge in [-0.1, -0.05) is 23.7 Å². The standard InChI is InChI=1S/C18H24ClN3O2/c1-3-20-17(21-11-10-14-6-8-15(19)9-7-14)22-13-18(2,23)16-5-4-12-24-16/h4-9,12,23H,3,10-11,13H2,1-2H3,(H2,20,21,22). The van der Waals surface area contributed by atoms with Crippen LogP contribution in [0.4, 0.5) is 0 Å². The normalized spacial score (nSPS) is 14.2. The molecule has 130 valence electrons. The third-order valence-corrected chi connectivity index (χ3v) is 3.81. The molecule has 3 N–H and O–H groups in total. The highest BCUT2D eigenvalue weighted by Gasteiger charge is 2.25. The van der Waals surface area contributed by atoms with Gasteiger partial charge < -0.3 is 20.2 Å². The summed E-state index contributed by atoms with van der Waals surface area (Å²) in [5.74, 6) is 1.17. The lowest BCUT2D eigenvalue weighted by atomic mass is 10.0. The van der Waals surface area contributed by atoms with Crippen molar-refractivity contribution in [2.24, 2.45) is 4.99 Å². The van der Waals surface area contributed by atoms with E-state index < -0.39 is 5.60 Å². The maximum Gasteiger partial charge on any atom is 0.191 e. The zero-order chi connectivity index (χ0) is 17.4. The number of nitrogens with one attached hydrogen (secondary N) is 2. The molecule has 0 spiro atoms. The molecule has 0 radical (unpaired) electrons. The van der Waals surface area contributed by atoms with Gasteiger partial charge in [0.15, 0.2) is 5.96 Å². The highest BCUT2D eigenvalue weighted by Crippen LogP contribution is 2.21. The van der Waals surface area contributed by atoms with E-state index in [1.165, 1.54) is 5.56 Å². The van der Waals surface area contributed by atoms with Gasteiger partial charge in [-0.2, -0.15) is 0 Å². The molecule has 0 aliphatic carbocycles. The third kappa shape index (κ3) is 5.58. The van der Waals surface area contributed by atoms with E-state index in [-0.39, 0.29) is 6.54 Å². The van der Waals surface area contributed by atoms with Crippen LogP contribution in [0.25, 0.3) is 0 Å². The summed E-state index contributed by atoms with van der Waals surface area (Å²) in [6.45, 7) is 5.37. The Morgan fingerprint density at radius 3 is 2.62 bits per heavy atom. The van der Waals surface area contributed by atoms with Gasteiger partial charge in [0.25, 0.3) is 0 Å². The maximum atomic E-state index is 10.5. The van der Waals surface area contributed by atoms with Crippen molar-refractivity contribution in [1.29, 1.82) is 0 Å². The predicted octanol–water partition coefficient (Wildman–Crippen LogP) is 2.94. The van der Waals surface area contributed by atoms with Crippen molar-refractivity contribution < 1.29 is 9.52 Å². The van der Waals surface area contributed by atoms with Gasteiger partial charge in [-0.3, -0.25) is 0 Å². The van der Waals surface area contributed by atoms with Gasteiger partial charge in [0.05, 0.1) is 12.8 Å². The first kappa shape index (κ1) is 18.4. The van der Waals surface area contributed by atoms with Crippen LogP contribution in [0.3, 0.4) is 0 Å². The van der Waals surface area contributed by atoms with E-state index >= 15 is 0 Å². The molecule has 6 heteroatoms. The van der Waals surface area contributed by atoms with E-state index in [9.17, 15) is 5.11 Å². The van der Waals surface area contributed by atoms with Gasteiger partial charge in [-0.15, -0.1) is 0 Å². The predicted molar refractivity (Wildman–Crippen MR) is 97.4 cm³/mol. The van der Waals surface area contributed by atoms with E-state index in [1.807, 2.05) is 31.2 Å². The van der Waals surface area contributed by atoms with Gasteiger partial charge in [-0.05, 0) is 50.1 Å². The van der Waals surface area contributed by atoms with E-state index in [0.717, 1.165) is 24.5 Å².